The molecule has 1 aliphatic rings. The number of nitrogens with two attached hydrogens (primary N) is 1. The highest BCUT2D eigenvalue weighted by Crippen LogP contribution is 2.31. The summed E-state index contributed by atoms with van der Waals surface area (Å²) in [5, 5.41) is 3.23. The summed E-state index contributed by atoms with van der Waals surface area (Å²) in [5.74, 6) is 0. The van der Waals surface area contributed by atoms with Crippen molar-refractivity contribution in [3.05, 3.63) is 29.6 Å². The van der Waals surface area contributed by atoms with E-state index in [4.69, 9.17) is 10.5 Å². The number of nitrogens with one attached hydrogen (secondary N) is 1. The van der Waals surface area contributed by atoms with Gasteiger partial charge in [0.05, 0.1) is 5.69 Å². The number of pyridine rings is 1. The third-order valence-electron chi connectivity index (χ3n) is 3.00. The molecule has 5 nitrogen and oxygen atoms in total. The minimum atomic E-state index is -0.753. The molecule has 2 heterocycles. The van der Waals surface area contributed by atoms with Crippen LogP contribution in [0.5, 0.6) is 0 Å². The summed E-state index contributed by atoms with van der Waals surface area (Å²) in [7, 11) is 0. The highest BCUT2D eigenvalue weighted by atomic mass is 16.6. The molecule has 0 aliphatic carbocycles. The quantitative estimate of drug-likeness (QED) is 0.803. The van der Waals surface area contributed by atoms with Crippen LogP contribution in [0, 0.1) is 6.92 Å². The number of hydrogen-bond donors (Lipinski definition) is 2. The average molecular weight is 235 g/mol. The lowest BCUT2D eigenvalue weighted by molar-refractivity contribution is -0.00925. The zero-order chi connectivity index (χ0) is 12.3. The summed E-state index contributed by atoms with van der Waals surface area (Å²) in [6, 6.07) is 5.71. The lowest BCUT2D eigenvalue weighted by Gasteiger charge is -2.36. The van der Waals surface area contributed by atoms with Gasteiger partial charge in [-0.05, 0) is 38.4 Å². The van der Waals surface area contributed by atoms with E-state index in [1.165, 1.54) is 0 Å². The van der Waals surface area contributed by atoms with Crippen LogP contribution in [0.4, 0.5) is 4.79 Å². The molecule has 1 saturated heterocycles. The van der Waals surface area contributed by atoms with Crippen LogP contribution in [0.15, 0.2) is 18.2 Å². The third-order valence-corrected chi connectivity index (χ3v) is 3.00. The van der Waals surface area contributed by atoms with E-state index in [0.717, 1.165) is 30.8 Å². The van der Waals surface area contributed by atoms with Gasteiger partial charge in [0.25, 0.3) is 0 Å². The summed E-state index contributed by atoms with van der Waals surface area (Å²) < 4.78 is 5.33. The van der Waals surface area contributed by atoms with Crippen molar-refractivity contribution in [2.45, 2.75) is 25.4 Å². The maximum Gasteiger partial charge on any atom is 0.405 e. The molecule has 1 aliphatic heterocycles. The van der Waals surface area contributed by atoms with E-state index in [0.29, 0.717) is 6.54 Å². The van der Waals surface area contributed by atoms with Crippen molar-refractivity contribution in [2.75, 3.05) is 13.1 Å². The van der Waals surface area contributed by atoms with Crippen LogP contribution in [0.3, 0.4) is 0 Å². The lowest BCUT2D eigenvalue weighted by atomic mass is 9.89. The number of carbonyl (C=O) groups is 1. The monoisotopic (exact) mass is 235 g/mol. The smallest absolute Gasteiger partial charge is 0.405 e. The molecular weight excluding hydrogens is 218 g/mol. The first-order chi connectivity index (χ1) is 8.12. The Morgan fingerprint density at radius 1 is 1.59 bits per heavy atom. The number of amides is 1. The van der Waals surface area contributed by atoms with Crippen LogP contribution in [0.1, 0.15) is 24.2 Å². The molecular formula is C12H17N3O2. The number of rotatable bonds is 2. The van der Waals surface area contributed by atoms with Crippen molar-refractivity contribution >= 4 is 6.09 Å². The van der Waals surface area contributed by atoms with E-state index < -0.39 is 11.7 Å². The van der Waals surface area contributed by atoms with E-state index >= 15 is 0 Å². The molecule has 2 rings (SSSR count). The molecule has 0 spiro atoms. The van der Waals surface area contributed by atoms with Gasteiger partial charge >= 0.3 is 6.09 Å². The van der Waals surface area contributed by atoms with Crippen molar-refractivity contribution in [1.82, 2.24) is 10.3 Å². The molecule has 1 amide bonds. The minimum absolute atomic E-state index is 0.562. The lowest BCUT2D eigenvalue weighted by Crippen LogP contribution is -2.48. The van der Waals surface area contributed by atoms with Crippen LogP contribution < -0.4 is 11.1 Å². The molecule has 1 aromatic heterocycles. The molecule has 1 fully saturated rings. The summed E-state index contributed by atoms with van der Waals surface area (Å²) in [4.78, 5) is 15.5. The fourth-order valence-corrected chi connectivity index (χ4v) is 2.23. The first-order valence-corrected chi connectivity index (χ1v) is 5.76. The number of aromatic nitrogens is 1. The Labute approximate surface area is 100 Å². The molecule has 5 heteroatoms. The van der Waals surface area contributed by atoms with Crippen molar-refractivity contribution < 1.29 is 9.53 Å². The molecule has 0 radical (unpaired) electrons. The molecule has 3 N–H and O–H groups in total. The van der Waals surface area contributed by atoms with Gasteiger partial charge in [0, 0.05) is 12.2 Å². The number of aryl methyl sites for hydroxylation is 1. The van der Waals surface area contributed by atoms with Gasteiger partial charge in [-0.1, -0.05) is 6.07 Å². The molecule has 0 aromatic carbocycles. The SMILES string of the molecule is Cc1cccc(C2(OC(N)=O)CCCNC2)n1. The van der Waals surface area contributed by atoms with E-state index in [1.54, 1.807) is 0 Å². The summed E-state index contributed by atoms with van der Waals surface area (Å²) >= 11 is 0. The van der Waals surface area contributed by atoms with Gasteiger partial charge in [-0.2, -0.15) is 0 Å². The largest absolute Gasteiger partial charge is 0.435 e. The summed E-state index contributed by atoms with van der Waals surface area (Å²) in [5.41, 5.74) is 6.13. The van der Waals surface area contributed by atoms with Gasteiger partial charge < -0.3 is 15.8 Å². The molecule has 92 valence electrons. The predicted molar refractivity (Wildman–Crippen MR) is 63.4 cm³/mol. The number of primary amides is 1. The van der Waals surface area contributed by atoms with Crippen molar-refractivity contribution in [2.24, 2.45) is 5.73 Å². The maximum atomic E-state index is 11.1. The Kier molecular flexibility index (Phi) is 3.28. The van der Waals surface area contributed by atoms with Crippen molar-refractivity contribution in [3.8, 4) is 0 Å². The zero-order valence-corrected chi connectivity index (χ0v) is 9.90. The van der Waals surface area contributed by atoms with Gasteiger partial charge in [-0.25, -0.2) is 4.79 Å². The third kappa shape index (κ3) is 2.55. The average Bonchev–Trinajstić information content (AvgIpc) is 2.29. The van der Waals surface area contributed by atoms with Crippen LogP contribution in [-0.2, 0) is 10.3 Å². The molecule has 0 saturated carbocycles. The van der Waals surface area contributed by atoms with E-state index in [-0.39, 0.29) is 0 Å². The molecule has 0 bridgehead atoms. The second kappa shape index (κ2) is 4.71. The second-order valence-corrected chi connectivity index (χ2v) is 4.36. The van der Waals surface area contributed by atoms with E-state index in [9.17, 15) is 4.79 Å². The first kappa shape index (κ1) is 11.9. The van der Waals surface area contributed by atoms with Gasteiger partial charge in [-0.15, -0.1) is 0 Å². The Morgan fingerprint density at radius 3 is 3.00 bits per heavy atom. The Bertz CT molecular complexity index is 414. The number of hydrogen-bond acceptors (Lipinski definition) is 4. The normalized spacial score (nSPS) is 24.3. The van der Waals surface area contributed by atoms with Crippen LogP contribution in [0.25, 0.3) is 0 Å². The van der Waals surface area contributed by atoms with Gasteiger partial charge in [-0.3, -0.25) is 4.98 Å². The Balaban J connectivity index is 2.35. The first-order valence-electron chi connectivity index (χ1n) is 5.76. The number of nitrogens with zero attached hydrogens (tertiary/aromatic N) is 1. The van der Waals surface area contributed by atoms with Crippen molar-refractivity contribution in [1.29, 1.82) is 0 Å². The van der Waals surface area contributed by atoms with Crippen LogP contribution >= 0.6 is 0 Å². The number of carbonyl (C=O) groups excluding carboxylic acids is 1. The summed E-state index contributed by atoms with van der Waals surface area (Å²) in [6.45, 7) is 3.40. The number of ether oxygens (including phenoxy) is 1. The summed E-state index contributed by atoms with van der Waals surface area (Å²) in [6.07, 6.45) is 0.930. The minimum Gasteiger partial charge on any atom is -0.435 e. The van der Waals surface area contributed by atoms with Crippen LogP contribution in [-0.4, -0.2) is 24.2 Å². The molecule has 1 unspecified atom stereocenters. The molecule has 1 aromatic rings. The molecule has 17 heavy (non-hydrogen) atoms. The Morgan fingerprint density at radius 2 is 2.41 bits per heavy atom. The fourth-order valence-electron chi connectivity index (χ4n) is 2.23. The zero-order valence-electron chi connectivity index (χ0n) is 9.90. The Hall–Kier alpha value is -1.62. The van der Waals surface area contributed by atoms with Crippen molar-refractivity contribution in [3.63, 3.8) is 0 Å². The fraction of sp³-hybridized carbons (Fsp3) is 0.500. The topological polar surface area (TPSA) is 77.2 Å². The van der Waals surface area contributed by atoms with Gasteiger partial charge in [0.2, 0.25) is 0 Å². The number of piperidine rings is 1. The van der Waals surface area contributed by atoms with Crippen LogP contribution in [0.2, 0.25) is 0 Å². The maximum absolute atomic E-state index is 11.1. The highest BCUT2D eigenvalue weighted by molar-refractivity contribution is 5.65. The molecule has 1 atom stereocenters. The predicted octanol–water partition coefficient (Wildman–Crippen LogP) is 1.06. The van der Waals surface area contributed by atoms with E-state index in [1.807, 2.05) is 25.1 Å². The standard InChI is InChI=1S/C12H17N3O2/c1-9-4-2-5-10(15-9)12(17-11(13)16)6-3-7-14-8-12/h2,4-5,14H,3,6-8H2,1H3,(H2,13,16). The second-order valence-electron chi connectivity index (χ2n) is 4.36. The van der Waals surface area contributed by atoms with Gasteiger partial charge in [0.1, 0.15) is 0 Å². The van der Waals surface area contributed by atoms with Gasteiger partial charge in [0.15, 0.2) is 5.60 Å². The van der Waals surface area contributed by atoms with E-state index in [2.05, 4.69) is 10.3 Å². The highest BCUT2D eigenvalue weighted by Gasteiger charge is 2.38.